The SMILES string of the molecule is CCCSc1oc(-c2ccc(C)cc2Cl)nc1CC. The molecule has 4 heteroatoms. The Bertz CT molecular complexity index is 565. The predicted molar refractivity (Wildman–Crippen MR) is 82.1 cm³/mol. The summed E-state index contributed by atoms with van der Waals surface area (Å²) in [6.07, 6.45) is 1.99. The largest absolute Gasteiger partial charge is 0.430 e. The van der Waals surface area contributed by atoms with Gasteiger partial charge in [0.15, 0.2) is 5.09 Å². The predicted octanol–water partition coefficient (Wildman–Crippen LogP) is 5.37. The minimum Gasteiger partial charge on any atom is -0.430 e. The molecule has 1 heterocycles. The van der Waals surface area contributed by atoms with Gasteiger partial charge in [0, 0.05) is 5.75 Å². The molecule has 1 aromatic carbocycles. The van der Waals surface area contributed by atoms with Gasteiger partial charge in [0.2, 0.25) is 5.89 Å². The van der Waals surface area contributed by atoms with Crippen molar-refractivity contribution in [1.82, 2.24) is 4.98 Å². The van der Waals surface area contributed by atoms with E-state index in [1.807, 2.05) is 25.1 Å². The third-order valence-electron chi connectivity index (χ3n) is 2.79. The molecule has 0 aliphatic heterocycles. The lowest BCUT2D eigenvalue weighted by Crippen LogP contribution is -1.84. The molecule has 2 aromatic rings. The summed E-state index contributed by atoms with van der Waals surface area (Å²) >= 11 is 7.99. The summed E-state index contributed by atoms with van der Waals surface area (Å²) in [6, 6.07) is 5.93. The minimum absolute atomic E-state index is 0.625. The molecule has 0 atom stereocenters. The maximum Gasteiger partial charge on any atom is 0.229 e. The molecular weight excluding hydrogens is 278 g/mol. The maximum absolute atomic E-state index is 6.27. The van der Waals surface area contributed by atoms with Crippen molar-refractivity contribution in [3.8, 4) is 11.5 Å². The van der Waals surface area contributed by atoms with E-state index in [4.69, 9.17) is 16.0 Å². The number of benzene rings is 1. The third-order valence-corrected chi connectivity index (χ3v) is 4.29. The van der Waals surface area contributed by atoms with Crippen LogP contribution in [0.15, 0.2) is 27.7 Å². The first-order valence-corrected chi connectivity index (χ1v) is 7.91. The molecule has 0 aliphatic carbocycles. The van der Waals surface area contributed by atoms with Crippen LogP contribution in [-0.2, 0) is 6.42 Å². The lowest BCUT2D eigenvalue weighted by atomic mass is 10.1. The Morgan fingerprint density at radius 2 is 2.11 bits per heavy atom. The van der Waals surface area contributed by atoms with Gasteiger partial charge in [0.25, 0.3) is 0 Å². The normalized spacial score (nSPS) is 10.9. The Morgan fingerprint density at radius 1 is 1.32 bits per heavy atom. The number of aryl methyl sites for hydroxylation is 2. The van der Waals surface area contributed by atoms with Gasteiger partial charge in [-0.1, -0.05) is 43.3 Å². The number of aromatic nitrogens is 1. The third kappa shape index (κ3) is 3.34. The Balaban J connectivity index is 2.36. The summed E-state index contributed by atoms with van der Waals surface area (Å²) in [4.78, 5) is 4.57. The molecule has 0 aliphatic rings. The lowest BCUT2D eigenvalue weighted by molar-refractivity contribution is 0.479. The fourth-order valence-electron chi connectivity index (χ4n) is 1.78. The molecule has 0 fully saturated rings. The average Bonchev–Trinajstić information content (AvgIpc) is 2.79. The maximum atomic E-state index is 6.27. The molecular formula is C15H18ClNOS. The highest BCUT2D eigenvalue weighted by Gasteiger charge is 2.15. The highest BCUT2D eigenvalue weighted by molar-refractivity contribution is 7.99. The van der Waals surface area contributed by atoms with Gasteiger partial charge in [-0.15, -0.1) is 0 Å². The first-order valence-electron chi connectivity index (χ1n) is 6.54. The Kier molecular flexibility index (Phi) is 4.94. The van der Waals surface area contributed by atoms with E-state index in [0.717, 1.165) is 40.5 Å². The number of oxazole rings is 1. The van der Waals surface area contributed by atoms with Gasteiger partial charge in [-0.2, -0.15) is 0 Å². The smallest absolute Gasteiger partial charge is 0.229 e. The van der Waals surface area contributed by atoms with Crippen molar-refractivity contribution >= 4 is 23.4 Å². The van der Waals surface area contributed by atoms with Crippen molar-refractivity contribution in [3.05, 3.63) is 34.5 Å². The highest BCUT2D eigenvalue weighted by atomic mass is 35.5. The van der Waals surface area contributed by atoms with Crippen molar-refractivity contribution in [1.29, 1.82) is 0 Å². The van der Waals surface area contributed by atoms with Crippen molar-refractivity contribution in [2.75, 3.05) is 5.75 Å². The van der Waals surface area contributed by atoms with E-state index in [9.17, 15) is 0 Å². The number of thioether (sulfide) groups is 1. The number of hydrogen-bond donors (Lipinski definition) is 0. The molecule has 0 spiro atoms. The standard InChI is InChI=1S/C15H18ClNOS/c1-4-8-19-15-13(5-2)17-14(18-15)11-7-6-10(3)9-12(11)16/h6-7,9H,4-5,8H2,1-3H3. The van der Waals surface area contributed by atoms with E-state index in [0.29, 0.717) is 10.9 Å². The molecule has 0 unspecified atom stereocenters. The first-order chi connectivity index (χ1) is 9.15. The van der Waals surface area contributed by atoms with Crippen LogP contribution in [0.3, 0.4) is 0 Å². The number of halogens is 1. The van der Waals surface area contributed by atoms with Crippen LogP contribution in [0.1, 0.15) is 31.5 Å². The Morgan fingerprint density at radius 3 is 2.74 bits per heavy atom. The minimum atomic E-state index is 0.625. The molecule has 102 valence electrons. The fraction of sp³-hybridized carbons (Fsp3) is 0.400. The van der Waals surface area contributed by atoms with Crippen LogP contribution in [0.2, 0.25) is 5.02 Å². The van der Waals surface area contributed by atoms with Crippen LogP contribution in [-0.4, -0.2) is 10.7 Å². The summed E-state index contributed by atoms with van der Waals surface area (Å²) in [7, 11) is 0. The Labute approximate surface area is 123 Å². The second kappa shape index (κ2) is 6.49. The lowest BCUT2D eigenvalue weighted by Gasteiger charge is -2.00. The second-order valence-electron chi connectivity index (χ2n) is 4.44. The van der Waals surface area contributed by atoms with Gasteiger partial charge in [-0.3, -0.25) is 0 Å². The van der Waals surface area contributed by atoms with Crippen LogP contribution >= 0.6 is 23.4 Å². The number of hydrogen-bond acceptors (Lipinski definition) is 3. The molecule has 0 saturated carbocycles. The van der Waals surface area contributed by atoms with E-state index in [1.165, 1.54) is 0 Å². The van der Waals surface area contributed by atoms with Gasteiger partial charge >= 0.3 is 0 Å². The monoisotopic (exact) mass is 295 g/mol. The quantitative estimate of drug-likeness (QED) is 0.694. The molecule has 19 heavy (non-hydrogen) atoms. The molecule has 0 amide bonds. The zero-order valence-electron chi connectivity index (χ0n) is 11.5. The van der Waals surface area contributed by atoms with E-state index < -0.39 is 0 Å². The number of nitrogens with zero attached hydrogens (tertiary/aromatic N) is 1. The summed E-state index contributed by atoms with van der Waals surface area (Å²) in [5, 5.41) is 1.62. The van der Waals surface area contributed by atoms with Crippen molar-refractivity contribution in [2.24, 2.45) is 0 Å². The van der Waals surface area contributed by atoms with Crippen LogP contribution in [0.4, 0.5) is 0 Å². The van der Waals surface area contributed by atoms with Gasteiger partial charge in [-0.05, 0) is 37.5 Å². The van der Waals surface area contributed by atoms with E-state index >= 15 is 0 Å². The summed E-state index contributed by atoms with van der Waals surface area (Å²) in [5.41, 5.74) is 3.02. The zero-order valence-corrected chi connectivity index (χ0v) is 13.1. The molecule has 2 nitrogen and oxygen atoms in total. The van der Waals surface area contributed by atoms with Crippen molar-refractivity contribution in [2.45, 2.75) is 38.7 Å². The molecule has 0 radical (unpaired) electrons. The van der Waals surface area contributed by atoms with Crippen molar-refractivity contribution in [3.63, 3.8) is 0 Å². The molecule has 0 saturated heterocycles. The second-order valence-corrected chi connectivity index (χ2v) is 5.91. The van der Waals surface area contributed by atoms with Gasteiger partial charge in [0.1, 0.15) is 0 Å². The summed E-state index contributed by atoms with van der Waals surface area (Å²) in [5.74, 6) is 1.67. The molecule has 0 N–H and O–H groups in total. The average molecular weight is 296 g/mol. The molecule has 0 bridgehead atoms. The number of rotatable bonds is 5. The van der Waals surface area contributed by atoms with Crippen molar-refractivity contribution < 1.29 is 4.42 Å². The van der Waals surface area contributed by atoms with Crippen LogP contribution in [0.25, 0.3) is 11.5 Å². The fourth-order valence-corrected chi connectivity index (χ4v) is 2.98. The van der Waals surface area contributed by atoms with E-state index in [1.54, 1.807) is 11.8 Å². The van der Waals surface area contributed by atoms with Gasteiger partial charge < -0.3 is 4.42 Å². The van der Waals surface area contributed by atoms with Crippen LogP contribution in [0.5, 0.6) is 0 Å². The molecule has 1 aromatic heterocycles. The zero-order chi connectivity index (χ0) is 13.8. The van der Waals surface area contributed by atoms with Gasteiger partial charge in [-0.25, -0.2) is 4.98 Å². The van der Waals surface area contributed by atoms with Gasteiger partial charge in [0.05, 0.1) is 16.3 Å². The molecule has 2 rings (SSSR count). The van der Waals surface area contributed by atoms with E-state index in [2.05, 4.69) is 18.8 Å². The van der Waals surface area contributed by atoms with Crippen LogP contribution in [0, 0.1) is 6.92 Å². The summed E-state index contributed by atoms with van der Waals surface area (Å²) in [6.45, 7) is 6.27. The highest BCUT2D eigenvalue weighted by Crippen LogP contribution is 2.33. The first kappa shape index (κ1) is 14.5. The summed E-state index contributed by atoms with van der Waals surface area (Å²) < 4.78 is 5.88. The Hall–Kier alpha value is -0.930. The van der Waals surface area contributed by atoms with Crippen LogP contribution < -0.4 is 0 Å². The topological polar surface area (TPSA) is 26.0 Å². The van der Waals surface area contributed by atoms with E-state index in [-0.39, 0.29) is 0 Å².